The Hall–Kier alpha value is -2.47. The fourth-order valence-electron chi connectivity index (χ4n) is 2.67. The Labute approximate surface area is 173 Å². The van der Waals surface area contributed by atoms with E-state index in [0.29, 0.717) is 30.5 Å². The molecule has 0 amide bonds. The molecule has 0 saturated carbocycles. The van der Waals surface area contributed by atoms with E-state index in [1.807, 2.05) is 19.1 Å². The molecule has 0 bridgehead atoms. The molecule has 0 aliphatic carbocycles. The maximum Gasteiger partial charge on any atom is 0.340 e. The lowest BCUT2D eigenvalue weighted by molar-refractivity contribution is -0.146. The van der Waals surface area contributed by atoms with Crippen LogP contribution in [0.15, 0.2) is 36.7 Å². The predicted octanol–water partition coefficient (Wildman–Crippen LogP) is 5.21. The van der Waals surface area contributed by atoms with Gasteiger partial charge in [0.25, 0.3) is 0 Å². The molecule has 6 nitrogen and oxygen atoms in total. The molecule has 2 aromatic rings. The quantitative estimate of drug-likeness (QED) is 0.261. The number of nitrogens with zero attached hydrogens (tertiary/aromatic N) is 2. The molecule has 0 aliphatic rings. The number of carbonyl (C=O) groups is 1. The van der Waals surface area contributed by atoms with Gasteiger partial charge in [0.1, 0.15) is 5.75 Å². The van der Waals surface area contributed by atoms with E-state index in [2.05, 4.69) is 16.9 Å². The molecule has 0 radical (unpaired) electrons. The van der Waals surface area contributed by atoms with E-state index in [1.165, 1.54) is 25.7 Å². The average Bonchev–Trinajstić information content (AvgIpc) is 2.75. The second kappa shape index (κ2) is 12.9. The minimum absolute atomic E-state index is 0.404. The average molecular weight is 401 g/mol. The smallest absolute Gasteiger partial charge is 0.340 e. The molecule has 1 unspecified atom stereocenters. The van der Waals surface area contributed by atoms with Crippen LogP contribution >= 0.6 is 0 Å². The number of ether oxygens (including phenoxy) is 3. The van der Waals surface area contributed by atoms with Crippen molar-refractivity contribution in [2.45, 2.75) is 65.4 Å². The number of esters is 1. The van der Waals surface area contributed by atoms with Crippen LogP contribution in [0.3, 0.4) is 0 Å². The van der Waals surface area contributed by atoms with E-state index in [0.717, 1.165) is 18.4 Å². The molecule has 1 atom stereocenters. The number of rotatable bonds is 13. The highest BCUT2D eigenvalue weighted by molar-refractivity contribution is 5.77. The molecule has 0 saturated heterocycles. The number of hydrogen-bond donors (Lipinski definition) is 0. The third-order valence-electron chi connectivity index (χ3n) is 4.38. The zero-order valence-electron chi connectivity index (χ0n) is 17.7. The van der Waals surface area contributed by atoms with Crippen LogP contribution in [0.25, 0.3) is 11.4 Å². The van der Waals surface area contributed by atoms with Gasteiger partial charge < -0.3 is 14.2 Å². The summed E-state index contributed by atoms with van der Waals surface area (Å²) in [5.74, 6) is 1.33. The lowest BCUT2D eigenvalue weighted by Crippen LogP contribution is -2.26. The van der Waals surface area contributed by atoms with Crippen molar-refractivity contribution >= 4 is 5.97 Å². The number of unbranched alkanes of at least 4 members (excludes halogenated alkanes) is 4. The molecule has 1 heterocycles. The maximum atomic E-state index is 12.0. The van der Waals surface area contributed by atoms with Gasteiger partial charge in [-0.2, -0.15) is 0 Å². The van der Waals surface area contributed by atoms with Crippen molar-refractivity contribution in [3.05, 3.63) is 36.7 Å². The number of hydrogen-bond acceptors (Lipinski definition) is 6. The van der Waals surface area contributed by atoms with E-state index in [-0.39, 0.29) is 0 Å². The van der Waals surface area contributed by atoms with Crippen LogP contribution in [0, 0.1) is 0 Å². The fourth-order valence-corrected chi connectivity index (χ4v) is 2.67. The van der Waals surface area contributed by atoms with Gasteiger partial charge in [0, 0.05) is 12.2 Å². The second-order valence-corrected chi connectivity index (χ2v) is 6.96. The van der Waals surface area contributed by atoms with Crippen LogP contribution in [-0.2, 0) is 9.53 Å². The van der Waals surface area contributed by atoms with E-state index < -0.39 is 12.1 Å². The van der Waals surface area contributed by atoms with Crippen LogP contribution in [0.4, 0.5) is 0 Å². The SMILES string of the molecule is CCCCCCCOc1cnc(-c2ccc(OC(=O)C(C)OCCC)cc2)nc1. The van der Waals surface area contributed by atoms with E-state index >= 15 is 0 Å². The summed E-state index contributed by atoms with van der Waals surface area (Å²) in [6.45, 7) is 7.11. The second-order valence-electron chi connectivity index (χ2n) is 6.96. The van der Waals surface area contributed by atoms with Crippen LogP contribution < -0.4 is 9.47 Å². The van der Waals surface area contributed by atoms with Crippen molar-refractivity contribution in [3.63, 3.8) is 0 Å². The van der Waals surface area contributed by atoms with Gasteiger partial charge in [0.15, 0.2) is 17.7 Å². The molecular formula is C23H32N2O4. The Morgan fingerprint density at radius 1 is 0.897 bits per heavy atom. The Kier molecular flexibility index (Phi) is 10.1. The van der Waals surface area contributed by atoms with Crippen LogP contribution in [-0.4, -0.2) is 35.3 Å². The molecule has 2 rings (SSSR count). The monoisotopic (exact) mass is 400 g/mol. The van der Waals surface area contributed by atoms with Gasteiger partial charge in [0.05, 0.1) is 19.0 Å². The molecule has 1 aromatic heterocycles. The van der Waals surface area contributed by atoms with Crippen LogP contribution in [0.5, 0.6) is 11.5 Å². The summed E-state index contributed by atoms with van der Waals surface area (Å²) in [7, 11) is 0. The topological polar surface area (TPSA) is 70.5 Å². The maximum absolute atomic E-state index is 12.0. The van der Waals surface area contributed by atoms with Gasteiger partial charge >= 0.3 is 5.97 Å². The van der Waals surface area contributed by atoms with E-state index in [4.69, 9.17) is 14.2 Å². The Morgan fingerprint density at radius 3 is 2.24 bits per heavy atom. The van der Waals surface area contributed by atoms with Crippen LogP contribution in [0.2, 0.25) is 0 Å². The van der Waals surface area contributed by atoms with Crippen molar-refractivity contribution < 1.29 is 19.0 Å². The summed E-state index contributed by atoms with van der Waals surface area (Å²) in [5.41, 5.74) is 0.839. The van der Waals surface area contributed by atoms with Crippen molar-refractivity contribution in [1.82, 2.24) is 9.97 Å². The van der Waals surface area contributed by atoms with Gasteiger partial charge in [-0.3, -0.25) is 0 Å². The first-order chi connectivity index (χ1) is 14.1. The molecule has 1 aromatic carbocycles. The summed E-state index contributed by atoms with van der Waals surface area (Å²) in [5, 5.41) is 0. The summed E-state index contributed by atoms with van der Waals surface area (Å²) in [6.07, 6.45) is 9.66. The van der Waals surface area contributed by atoms with Crippen molar-refractivity contribution in [3.8, 4) is 22.9 Å². The molecule has 0 spiro atoms. The summed E-state index contributed by atoms with van der Waals surface area (Å²) >= 11 is 0. The molecular weight excluding hydrogens is 368 g/mol. The van der Waals surface area contributed by atoms with Gasteiger partial charge in [-0.05, 0) is 44.0 Å². The van der Waals surface area contributed by atoms with E-state index in [9.17, 15) is 4.79 Å². The van der Waals surface area contributed by atoms with Gasteiger partial charge in [0.2, 0.25) is 0 Å². The van der Waals surface area contributed by atoms with Gasteiger partial charge in [-0.15, -0.1) is 0 Å². The minimum atomic E-state index is -0.586. The third-order valence-corrected chi connectivity index (χ3v) is 4.38. The number of benzene rings is 1. The van der Waals surface area contributed by atoms with Gasteiger partial charge in [-0.1, -0.05) is 39.5 Å². The fraction of sp³-hybridized carbons (Fsp3) is 0.522. The van der Waals surface area contributed by atoms with E-state index in [1.54, 1.807) is 31.5 Å². The Balaban J connectivity index is 1.82. The minimum Gasteiger partial charge on any atom is -0.490 e. The molecule has 29 heavy (non-hydrogen) atoms. The first-order valence-corrected chi connectivity index (χ1v) is 10.5. The zero-order valence-corrected chi connectivity index (χ0v) is 17.7. The molecule has 0 aliphatic heterocycles. The Morgan fingerprint density at radius 2 is 1.59 bits per heavy atom. The normalized spacial score (nSPS) is 11.8. The molecule has 0 fully saturated rings. The van der Waals surface area contributed by atoms with Gasteiger partial charge in [-0.25, -0.2) is 14.8 Å². The first kappa shape index (κ1) is 22.8. The van der Waals surface area contributed by atoms with Crippen molar-refractivity contribution in [2.24, 2.45) is 0 Å². The lowest BCUT2D eigenvalue weighted by Gasteiger charge is -2.12. The highest BCUT2D eigenvalue weighted by atomic mass is 16.6. The summed E-state index contributed by atoms with van der Waals surface area (Å²) < 4.78 is 16.4. The van der Waals surface area contributed by atoms with Crippen molar-refractivity contribution in [2.75, 3.05) is 13.2 Å². The number of carbonyl (C=O) groups excluding carboxylic acids is 1. The molecule has 6 heteroatoms. The Bertz CT molecular complexity index is 717. The largest absolute Gasteiger partial charge is 0.490 e. The zero-order chi connectivity index (χ0) is 20.9. The highest BCUT2D eigenvalue weighted by Gasteiger charge is 2.15. The molecule has 158 valence electrons. The molecule has 0 N–H and O–H groups in total. The summed E-state index contributed by atoms with van der Waals surface area (Å²) in [6, 6.07) is 7.10. The lowest BCUT2D eigenvalue weighted by atomic mass is 10.2. The van der Waals surface area contributed by atoms with Crippen molar-refractivity contribution in [1.29, 1.82) is 0 Å². The predicted molar refractivity (Wildman–Crippen MR) is 113 cm³/mol. The number of aromatic nitrogens is 2. The highest BCUT2D eigenvalue weighted by Crippen LogP contribution is 2.21. The van der Waals surface area contributed by atoms with Crippen LogP contribution in [0.1, 0.15) is 59.3 Å². The first-order valence-electron chi connectivity index (χ1n) is 10.5. The third kappa shape index (κ3) is 8.20. The standard InChI is InChI=1S/C23H32N2O4/c1-4-6-7-8-9-15-28-21-16-24-22(25-17-21)19-10-12-20(13-11-19)29-23(26)18(3)27-14-5-2/h10-13,16-18H,4-9,14-15H2,1-3H3. The summed E-state index contributed by atoms with van der Waals surface area (Å²) in [4.78, 5) is 20.7.